The van der Waals surface area contributed by atoms with Crippen molar-refractivity contribution in [3.63, 3.8) is 0 Å². The Hall–Kier alpha value is -1.60. The third-order valence-corrected chi connectivity index (χ3v) is 8.12. The summed E-state index contributed by atoms with van der Waals surface area (Å²) in [5, 5.41) is 6.04. The molecule has 2 rings (SSSR count). The molecule has 0 bridgehead atoms. The lowest BCUT2D eigenvalue weighted by Crippen LogP contribution is -2.42. The van der Waals surface area contributed by atoms with Gasteiger partial charge in [-0.15, -0.1) is 5.33 Å². The Morgan fingerprint density at radius 1 is 0.773 bits per heavy atom. The molecule has 0 aliphatic rings. The highest BCUT2D eigenvalue weighted by molar-refractivity contribution is 6.89. The number of benzene rings is 2. The van der Waals surface area contributed by atoms with Crippen LogP contribution in [0, 0.1) is 0 Å². The van der Waals surface area contributed by atoms with E-state index in [2.05, 4.69) is 53.9 Å². The average molecular weight is 329 g/mol. The monoisotopic (exact) mass is 328 g/mol. The molecule has 0 aliphatic heterocycles. The van der Waals surface area contributed by atoms with Crippen molar-refractivity contribution in [3.8, 4) is 0 Å². The fraction of sp³-hybridized carbons (Fsp3) is 0.176. The van der Waals surface area contributed by atoms with Crippen LogP contribution in [0.4, 0.5) is 0 Å². The molecule has 0 aromatic heterocycles. The molecule has 3 nitrogen and oxygen atoms in total. The second kappa shape index (κ2) is 8.15. The molecule has 0 saturated carbocycles. The summed E-state index contributed by atoms with van der Waals surface area (Å²) in [6.45, 7) is 0. The molecular formula is C17H20O3Si2. The maximum absolute atomic E-state index is 5.45. The molecule has 0 heterocycles. The first-order valence-corrected chi connectivity index (χ1v) is 10.3. The minimum Gasteiger partial charge on any atom is -0.373 e. The minimum absolute atomic E-state index is 1.17. The van der Waals surface area contributed by atoms with Gasteiger partial charge in [0.2, 0.25) is 0 Å². The molecule has 114 valence electrons. The molecule has 2 aromatic carbocycles. The van der Waals surface area contributed by atoms with E-state index in [4.69, 9.17) is 13.3 Å². The molecule has 0 aliphatic carbocycles. The van der Waals surface area contributed by atoms with E-state index >= 15 is 0 Å². The van der Waals surface area contributed by atoms with Gasteiger partial charge in [0.25, 0.3) is 0 Å². The molecular weight excluding hydrogens is 308 g/mol. The molecule has 0 amide bonds. The van der Waals surface area contributed by atoms with Crippen molar-refractivity contribution in [2.45, 2.75) is 0 Å². The third-order valence-electron chi connectivity index (χ3n) is 3.37. The van der Waals surface area contributed by atoms with Gasteiger partial charge in [-0.1, -0.05) is 60.7 Å². The van der Waals surface area contributed by atoms with E-state index in [1.54, 1.807) is 21.3 Å². The molecule has 2 aromatic rings. The van der Waals surface area contributed by atoms with Crippen molar-refractivity contribution in [1.82, 2.24) is 0 Å². The topological polar surface area (TPSA) is 27.7 Å². The van der Waals surface area contributed by atoms with Crippen LogP contribution in [0.15, 0.2) is 66.4 Å². The van der Waals surface area contributed by atoms with Gasteiger partial charge in [0.05, 0.1) is 0 Å². The van der Waals surface area contributed by atoms with Gasteiger partial charge in [-0.2, -0.15) is 0 Å². The summed E-state index contributed by atoms with van der Waals surface area (Å²) in [6, 6.07) is 20.8. The first-order chi connectivity index (χ1) is 10.7. The highest BCUT2D eigenvalue weighted by Crippen LogP contribution is 2.05. The predicted molar refractivity (Wildman–Crippen MR) is 94.3 cm³/mol. The average Bonchev–Trinajstić information content (AvgIpc) is 2.61. The molecule has 0 radical (unpaired) electrons. The lowest BCUT2D eigenvalue weighted by atomic mass is 10.4. The van der Waals surface area contributed by atoms with Gasteiger partial charge in [0, 0.05) is 27.0 Å². The highest BCUT2D eigenvalue weighted by Gasteiger charge is 2.34. The molecule has 0 saturated heterocycles. The summed E-state index contributed by atoms with van der Waals surface area (Å²) >= 11 is 0. The van der Waals surface area contributed by atoms with Crippen molar-refractivity contribution >= 4 is 32.9 Å². The van der Waals surface area contributed by atoms with Crippen LogP contribution in [-0.4, -0.2) is 43.9 Å². The minimum atomic E-state index is -2.76. The highest BCUT2D eigenvalue weighted by atomic mass is 28.4. The van der Waals surface area contributed by atoms with E-state index in [-0.39, 0.29) is 0 Å². The standard InChI is InChI=1S/C17H20O3Si2/c1-18-22(19-2,20-3)15-14-21(16-10-6-4-7-11-16)17-12-8-5-9-13-17/h4-13,15H,1-3H3. The lowest BCUT2D eigenvalue weighted by Gasteiger charge is -2.19. The third kappa shape index (κ3) is 3.98. The van der Waals surface area contributed by atoms with Crippen LogP contribution in [0.25, 0.3) is 0 Å². The second-order valence-corrected chi connectivity index (χ2v) is 9.53. The summed E-state index contributed by atoms with van der Waals surface area (Å²) in [6.07, 6.45) is 0. The summed E-state index contributed by atoms with van der Waals surface area (Å²) < 4.78 is 16.4. The quantitative estimate of drug-likeness (QED) is 0.747. The van der Waals surface area contributed by atoms with Gasteiger partial charge in [0.1, 0.15) is 8.41 Å². The van der Waals surface area contributed by atoms with Crippen molar-refractivity contribution in [3.05, 3.63) is 66.4 Å². The smallest absolute Gasteiger partial charge is 0.373 e. The zero-order chi connectivity index (χ0) is 15.8. The number of hydrogen-bond acceptors (Lipinski definition) is 3. The Labute approximate surface area is 134 Å². The van der Waals surface area contributed by atoms with Crippen molar-refractivity contribution in [1.29, 1.82) is 0 Å². The Balaban J connectivity index is 2.57. The molecule has 5 heteroatoms. The van der Waals surface area contributed by atoms with Gasteiger partial charge >= 0.3 is 8.80 Å². The van der Waals surface area contributed by atoms with Gasteiger partial charge in [-0.3, -0.25) is 0 Å². The van der Waals surface area contributed by atoms with Crippen molar-refractivity contribution in [2.24, 2.45) is 0 Å². The van der Waals surface area contributed by atoms with Gasteiger partial charge in [-0.25, -0.2) is 0 Å². The lowest BCUT2D eigenvalue weighted by molar-refractivity contribution is 0.139. The molecule has 0 fully saturated rings. The zero-order valence-corrected chi connectivity index (χ0v) is 15.1. The van der Waals surface area contributed by atoms with Crippen LogP contribution in [0.2, 0.25) is 0 Å². The number of hydrogen-bond donors (Lipinski definition) is 0. The fourth-order valence-electron chi connectivity index (χ4n) is 2.13. The van der Waals surface area contributed by atoms with Crippen LogP contribution in [0.1, 0.15) is 0 Å². The summed E-state index contributed by atoms with van der Waals surface area (Å²) in [5.74, 6) is 0. The Morgan fingerprint density at radius 2 is 1.18 bits per heavy atom. The van der Waals surface area contributed by atoms with E-state index < -0.39 is 17.2 Å². The van der Waals surface area contributed by atoms with Crippen LogP contribution < -0.4 is 10.4 Å². The van der Waals surface area contributed by atoms with Gasteiger partial charge < -0.3 is 13.3 Å². The molecule has 0 N–H and O–H groups in total. The van der Waals surface area contributed by atoms with Gasteiger partial charge in [-0.05, 0) is 10.4 Å². The van der Waals surface area contributed by atoms with Crippen LogP contribution in [-0.2, 0) is 13.3 Å². The molecule has 0 spiro atoms. The Bertz CT molecular complexity index is 596. The van der Waals surface area contributed by atoms with Gasteiger partial charge in [0.15, 0.2) is 0 Å². The van der Waals surface area contributed by atoms with E-state index in [0.717, 1.165) is 0 Å². The second-order valence-electron chi connectivity index (χ2n) is 4.61. The first kappa shape index (κ1) is 16.8. The molecule has 0 atom stereocenters. The summed E-state index contributed by atoms with van der Waals surface area (Å²) in [4.78, 5) is 0. The maximum Gasteiger partial charge on any atom is 0.536 e. The Morgan fingerprint density at radius 3 is 1.55 bits per heavy atom. The van der Waals surface area contributed by atoms with E-state index in [1.807, 2.05) is 17.8 Å². The molecule has 22 heavy (non-hydrogen) atoms. The predicted octanol–water partition coefficient (Wildman–Crippen LogP) is 1.25. The largest absolute Gasteiger partial charge is 0.536 e. The number of rotatable bonds is 6. The summed E-state index contributed by atoms with van der Waals surface area (Å²) in [5.41, 5.74) is 1.86. The summed E-state index contributed by atoms with van der Waals surface area (Å²) in [7, 11) is 0.888. The van der Waals surface area contributed by atoms with E-state index in [0.29, 0.717) is 0 Å². The van der Waals surface area contributed by atoms with E-state index in [9.17, 15) is 0 Å². The maximum atomic E-state index is 5.45. The zero-order valence-electron chi connectivity index (χ0n) is 13.1. The van der Waals surface area contributed by atoms with Crippen LogP contribution in [0.3, 0.4) is 0 Å². The SMILES string of the molecule is CO[Si](C=C=[Si](c1ccccc1)c1ccccc1)(OC)OC. The van der Waals surface area contributed by atoms with Crippen molar-refractivity contribution in [2.75, 3.05) is 21.3 Å². The van der Waals surface area contributed by atoms with E-state index in [1.165, 1.54) is 10.4 Å². The fourth-order valence-corrected chi connectivity index (χ4v) is 5.99. The normalized spacial score (nSPS) is 10.9. The van der Waals surface area contributed by atoms with Crippen LogP contribution in [0.5, 0.6) is 0 Å². The molecule has 0 unspecified atom stereocenters. The first-order valence-electron chi connectivity index (χ1n) is 6.99. The van der Waals surface area contributed by atoms with Crippen molar-refractivity contribution < 1.29 is 13.3 Å². The van der Waals surface area contributed by atoms with Crippen LogP contribution >= 0.6 is 0 Å². The Kier molecular flexibility index (Phi) is 6.21.